The molecule has 2 fully saturated rings. The Morgan fingerprint density at radius 1 is 1.50 bits per heavy atom. The van der Waals surface area contributed by atoms with Crippen molar-refractivity contribution >= 4 is 6.03 Å². The minimum absolute atomic E-state index is 0.0329. The number of fused-ring (bicyclic) bond motifs is 1. The summed E-state index contributed by atoms with van der Waals surface area (Å²) < 4.78 is 0. The Hall–Kier alpha value is -1.71. The summed E-state index contributed by atoms with van der Waals surface area (Å²) in [5.74, 6) is 0.993. The van der Waals surface area contributed by atoms with Crippen molar-refractivity contribution in [3.8, 4) is 5.75 Å². The standard InChI is InChI=1S/C14H18N2O2/c17-12-5-1-3-10(7-12)9-15-14(18)16-6-2-4-11-8-13(11)16/h1,3,5,7,11,13,17H,2,4,6,8-9H2,(H,15,18). The number of hydrogen-bond acceptors (Lipinski definition) is 2. The highest BCUT2D eigenvalue weighted by Gasteiger charge is 2.45. The van der Waals surface area contributed by atoms with E-state index in [-0.39, 0.29) is 11.8 Å². The minimum Gasteiger partial charge on any atom is -0.508 e. The lowest BCUT2D eigenvalue weighted by Gasteiger charge is -2.26. The summed E-state index contributed by atoms with van der Waals surface area (Å²) >= 11 is 0. The van der Waals surface area contributed by atoms with Crippen LogP contribution in [0.25, 0.3) is 0 Å². The number of phenolic OH excluding ortho intramolecular Hbond substituents is 1. The van der Waals surface area contributed by atoms with Gasteiger partial charge in [-0.3, -0.25) is 0 Å². The van der Waals surface area contributed by atoms with E-state index in [0.717, 1.165) is 24.4 Å². The topological polar surface area (TPSA) is 52.6 Å². The molecule has 96 valence electrons. The van der Waals surface area contributed by atoms with Crippen LogP contribution in [0.2, 0.25) is 0 Å². The van der Waals surface area contributed by atoms with Crippen molar-refractivity contribution in [2.45, 2.75) is 31.8 Å². The number of benzene rings is 1. The van der Waals surface area contributed by atoms with Crippen LogP contribution in [0.5, 0.6) is 5.75 Å². The lowest BCUT2D eigenvalue weighted by Crippen LogP contribution is -2.43. The van der Waals surface area contributed by atoms with E-state index in [1.807, 2.05) is 11.0 Å². The van der Waals surface area contributed by atoms with Crippen LogP contribution in [0, 0.1) is 5.92 Å². The monoisotopic (exact) mass is 246 g/mol. The zero-order valence-corrected chi connectivity index (χ0v) is 10.3. The lowest BCUT2D eigenvalue weighted by molar-refractivity contribution is 0.181. The van der Waals surface area contributed by atoms with Crippen LogP contribution in [0.4, 0.5) is 4.79 Å². The molecule has 1 heterocycles. The summed E-state index contributed by atoms with van der Waals surface area (Å²) in [5, 5.41) is 12.3. The molecule has 0 spiro atoms. The van der Waals surface area contributed by atoms with Crippen molar-refractivity contribution in [3.63, 3.8) is 0 Å². The molecule has 2 amide bonds. The van der Waals surface area contributed by atoms with E-state index in [0.29, 0.717) is 12.6 Å². The molecule has 0 aromatic heterocycles. The average Bonchev–Trinajstić information content (AvgIpc) is 3.15. The summed E-state index contributed by atoms with van der Waals surface area (Å²) in [6, 6.07) is 7.51. The zero-order valence-electron chi connectivity index (χ0n) is 10.3. The first-order valence-electron chi connectivity index (χ1n) is 6.56. The van der Waals surface area contributed by atoms with Crippen LogP contribution >= 0.6 is 0 Å². The van der Waals surface area contributed by atoms with Gasteiger partial charge in [0.2, 0.25) is 0 Å². The molecule has 1 saturated heterocycles. The maximum atomic E-state index is 12.0. The molecule has 1 aromatic carbocycles. The van der Waals surface area contributed by atoms with Gasteiger partial charge in [0.25, 0.3) is 0 Å². The highest BCUT2D eigenvalue weighted by atomic mass is 16.3. The number of nitrogens with zero attached hydrogens (tertiary/aromatic N) is 1. The largest absolute Gasteiger partial charge is 0.508 e. The third-order valence-electron chi connectivity index (χ3n) is 3.87. The normalized spacial score (nSPS) is 25.4. The van der Waals surface area contributed by atoms with Crippen molar-refractivity contribution < 1.29 is 9.90 Å². The highest BCUT2D eigenvalue weighted by Crippen LogP contribution is 2.42. The quantitative estimate of drug-likeness (QED) is 0.839. The predicted octanol–water partition coefficient (Wildman–Crippen LogP) is 2.09. The summed E-state index contributed by atoms with van der Waals surface area (Å²) in [7, 11) is 0. The second-order valence-electron chi connectivity index (χ2n) is 5.23. The number of hydrogen-bond donors (Lipinski definition) is 2. The van der Waals surface area contributed by atoms with Crippen molar-refractivity contribution in [2.75, 3.05) is 6.54 Å². The van der Waals surface area contributed by atoms with E-state index < -0.39 is 0 Å². The second kappa shape index (κ2) is 4.52. The van der Waals surface area contributed by atoms with Gasteiger partial charge in [0.05, 0.1) is 0 Å². The average molecular weight is 246 g/mol. The van der Waals surface area contributed by atoms with Gasteiger partial charge >= 0.3 is 6.03 Å². The Morgan fingerprint density at radius 2 is 2.39 bits per heavy atom. The number of nitrogens with one attached hydrogen (secondary N) is 1. The maximum Gasteiger partial charge on any atom is 0.317 e. The van der Waals surface area contributed by atoms with E-state index >= 15 is 0 Å². The van der Waals surface area contributed by atoms with Crippen LogP contribution in [-0.4, -0.2) is 28.6 Å². The Labute approximate surface area is 107 Å². The van der Waals surface area contributed by atoms with Crippen molar-refractivity contribution in [1.29, 1.82) is 0 Å². The van der Waals surface area contributed by atoms with E-state index in [1.54, 1.807) is 18.2 Å². The summed E-state index contributed by atoms with van der Waals surface area (Å²) in [6.07, 6.45) is 3.58. The number of urea groups is 1. The molecule has 0 radical (unpaired) electrons. The minimum atomic E-state index is 0.0329. The van der Waals surface area contributed by atoms with Gasteiger partial charge in [0.15, 0.2) is 0 Å². The van der Waals surface area contributed by atoms with Crippen LogP contribution in [-0.2, 0) is 6.54 Å². The zero-order chi connectivity index (χ0) is 12.5. The molecule has 2 N–H and O–H groups in total. The number of rotatable bonds is 2. The smallest absolute Gasteiger partial charge is 0.317 e. The van der Waals surface area contributed by atoms with Gasteiger partial charge < -0.3 is 15.3 Å². The first kappa shape index (κ1) is 11.4. The van der Waals surface area contributed by atoms with Gasteiger partial charge in [0, 0.05) is 19.1 Å². The highest BCUT2D eigenvalue weighted by molar-refractivity contribution is 5.75. The first-order chi connectivity index (χ1) is 8.74. The van der Waals surface area contributed by atoms with Crippen LogP contribution in [0.15, 0.2) is 24.3 Å². The Kier molecular flexibility index (Phi) is 2.86. The van der Waals surface area contributed by atoms with Crippen molar-refractivity contribution in [1.82, 2.24) is 10.2 Å². The number of aromatic hydroxyl groups is 1. The molecule has 1 aliphatic heterocycles. The van der Waals surface area contributed by atoms with E-state index in [1.165, 1.54) is 12.8 Å². The van der Waals surface area contributed by atoms with Crippen molar-refractivity contribution in [2.24, 2.45) is 5.92 Å². The number of phenols is 1. The van der Waals surface area contributed by atoms with Crippen LogP contribution < -0.4 is 5.32 Å². The molecule has 3 rings (SSSR count). The molecule has 18 heavy (non-hydrogen) atoms. The maximum absolute atomic E-state index is 12.0. The predicted molar refractivity (Wildman–Crippen MR) is 68.2 cm³/mol. The molecule has 4 heteroatoms. The molecule has 2 unspecified atom stereocenters. The van der Waals surface area contributed by atoms with Crippen molar-refractivity contribution in [3.05, 3.63) is 29.8 Å². The number of likely N-dealkylation sites (tertiary alicyclic amines) is 1. The van der Waals surface area contributed by atoms with Crippen LogP contribution in [0.3, 0.4) is 0 Å². The Bertz CT molecular complexity index is 461. The molecule has 1 aromatic rings. The number of carbonyl (C=O) groups is 1. The molecular weight excluding hydrogens is 228 g/mol. The van der Waals surface area contributed by atoms with Gasteiger partial charge in [-0.05, 0) is 42.9 Å². The van der Waals surface area contributed by atoms with E-state index in [9.17, 15) is 9.90 Å². The second-order valence-corrected chi connectivity index (χ2v) is 5.23. The van der Waals surface area contributed by atoms with Gasteiger partial charge in [-0.15, -0.1) is 0 Å². The summed E-state index contributed by atoms with van der Waals surface area (Å²) in [5.41, 5.74) is 0.924. The fraction of sp³-hybridized carbons (Fsp3) is 0.500. The molecule has 2 aliphatic rings. The number of piperidine rings is 1. The van der Waals surface area contributed by atoms with Gasteiger partial charge in [-0.25, -0.2) is 4.79 Å². The van der Waals surface area contributed by atoms with Gasteiger partial charge in [0.1, 0.15) is 5.75 Å². The summed E-state index contributed by atoms with van der Waals surface area (Å²) in [6.45, 7) is 1.36. The first-order valence-corrected chi connectivity index (χ1v) is 6.56. The molecular formula is C14H18N2O2. The van der Waals surface area contributed by atoms with Gasteiger partial charge in [-0.2, -0.15) is 0 Å². The molecule has 2 atom stereocenters. The molecule has 1 saturated carbocycles. The summed E-state index contributed by atoms with van der Waals surface area (Å²) in [4.78, 5) is 14.0. The molecule has 4 nitrogen and oxygen atoms in total. The lowest BCUT2D eigenvalue weighted by atomic mass is 10.1. The van der Waals surface area contributed by atoms with E-state index in [2.05, 4.69) is 5.32 Å². The fourth-order valence-corrected chi connectivity index (χ4v) is 2.81. The van der Waals surface area contributed by atoms with Gasteiger partial charge in [-0.1, -0.05) is 12.1 Å². The number of amides is 2. The van der Waals surface area contributed by atoms with Crippen LogP contribution in [0.1, 0.15) is 24.8 Å². The molecule has 0 bridgehead atoms. The fourth-order valence-electron chi connectivity index (χ4n) is 2.81. The number of carbonyl (C=O) groups excluding carboxylic acids is 1. The Balaban J connectivity index is 1.55. The Morgan fingerprint density at radius 3 is 3.22 bits per heavy atom. The van der Waals surface area contributed by atoms with E-state index in [4.69, 9.17) is 0 Å². The SMILES string of the molecule is O=C(NCc1cccc(O)c1)N1CCCC2CC21. The molecule has 1 aliphatic carbocycles. The third kappa shape index (κ3) is 2.28. The third-order valence-corrected chi connectivity index (χ3v) is 3.87.